The molecule has 0 saturated carbocycles. The van der Waals surface area contributed by atoms with Gasteiger partial charge in [-0.3, -0.25) is 0 Å². The Morgan fingerprint density at radius 1 is 1.41 bits per heavy atom. The number of rotatable bonds is 7. The summed E-state index contributed by atoms with van der Waals surface area (Å²) in [6.45, 7) is 5.94. The Morgan fingerprint density at radius 2 is 2.18 bits per heavy atom. The van der Waals surface area contributed by atoms with E-state index in [-0.39, 0.29) is 11.9 Å². The van der Waals surface area contributed by atoms with Crippen LogP contribution in [0.3, 0.4) is 0 Å². The highest BCUT2D eigenvalue weighted by atomic mass is 19.1. The molecule has 0 aliphatic carbocycles. The zero-order chi connectivity index (χ0) is 12.7. The SMILES string of the molecule is CCNCC(COC)Oc1cc(F)ccc1C. The van der Waals surface area contributed by atoms with E-state index in [1.807, 2.05) is 13.8 Å². The van der Waals surface area contributed by atoms with E-state index < -0.39 is 0 Å². The highest BCUT2D eigenvalue weighted by Gasteiger charge is 2.11. The fourth-order valence-corrected chi connectivity index (χ4v) is 1.51. The molecular formula is C13H20FNO2. The molecule has 1 N–H and O–H groups in total. The quantitative estimate of drug-likeness (QED) is 0.793. The molecule has 1 unspecified atom stereocenters. The normalized spacial score (nSPS) is 12.5. The predicted molar refractivity (Wildman–Crippen MR) is 66.0 cm³/mol. The lowest BCUT2D eigenvalue weighted by molar-refractivity contribution is 0.0803. The smallest absolute Gasteiger partial charge is 0.134 e. The summed E-state index contributed by atoms with van der Waals surface area (Å²) in [6.07, 6.45) is -0.111. The summed E-state index contributed by atoms with van der Waals surface area (Å²) >= 11 is 0. The third-order valence-electron chi connectivity index (χ3n) is 2.42. The van der Waals surface area contributed by atoms with Crippen molar-refractivity contribution in [2.45, 2.75) is 20.0 Å². The summed E-state index contributed by atoms with van der Waals surface area (Å²) < 4.78 is 23.9. The zero-order valence-corrected chi connectivity index (χ0v) is 10.6. The third-order valence-corrected chi connectivity index (χ3v) is 2.42. The Bertz CT molecular complexity index is 344. The number of halogens is 1. The highest BCUT2D eigenvalue weighted by Crippen LogP contribution is 2.20. The van der Waals surface area contributed by atoms with E-state index in [9.17, 15) is 4.39 Å². The second kappa shape index (κ2) is 7.25. The Kier molecular flexibility index (Phi) is 5.94. The minimum atomic E-state index is -0.287. The number of hydrogen-bond donors (Lipinski definition) is 1. The Balaban J connectivity index is 2.67. The fraction of sp³-hybridized carbons (Fsp3) is 0.538. The van der Waals surface area contributed by atoms with Crippen LogP contribution in [0.15, 0.2) is 18.2 Å². The topological polar surface area (TPSA) is 30.5 Å². The minimum absolute atomic E-state index is 0.111. The van der Waals surface area contributed by atoms with Crippen LogP contribution in [0.5, 0.6) is 5.75 Å². The molecule has 1 aromatic carbocycles. The van der Waals surface area contributed by atoms with Crippen molar-refractivity contribution in [2.24, 2.45) is 0 Å². The van der Waals surface area contributed by atoms with Crippen LogP contribution in [0, 0.1) is 12.7 Å². The van der Waals surface area contributed by atoms with Gasteiger partial charge in [-0.1, -0.05) is 13.0 Å². The van der Waals surface area contributed by atoms with Gasteiger partial charge in [0.2, 0.25) is 0 Å². The predicted octanol–water partition coefficient (Wildman–Crippen LogP) is 2.14. The van der Waals surface area contributed by atoms with Crippen LogP contribution in [-0.2, 0) is 4.74 Å². The van der Waals surface area contributed by atoms with Crippen LogP contribution in [0.25, 0.3) is 0 Å². The second-order valence-electron chi connectivity index (χ2n) is 3.91. The van der Waals surface area contributed by atoms with Gasteiger partial charge in [-0.25, -0.2) is 4.39 Å². The van der Waals surface area contributed by atoms with Gasteiger partial charge in [0, 0.05) is 19.7 Å². The molecule has 0 aliphatic rings. The summed E-state index contributed by atoms with van der Waals surface area (Å²) in [7, 11) is 1.63. The van der Waals surface area contributed by atoms with Crippen LogP contribution in [-0.4, -0.2) is 32.9 Å². The van der Waals surface area contributed by atoms with Crippen LogP contribution in [0.1, 0.15) is 12.5 Å². The number of likely N-dealkylation sites (N-methyl/N-ethyl adjacent to an activating group) is 1. The van der Waals surface area contributed by atoms with Crippen LogP contribution >= 0.6 is 0 Å². The average molecular weight is 241 g/mol. The maximum Gasteiger partial charge on any atom is 0.134 e. The maximum atomic E-state index is 13.1. The van der Waals surface area contributed by atoms with Crippen molar-refractivity contribution in [1.82, 2.24) is 5.32 Å². The molecule has 0 spiro atoms. The lowest BCUT2D eigenvalue weighted by Crippen LogP contribution is -2.35. The standard InChI is InChI=1S/C13H20FNO2/c1-4-15-8-12(9-16-3)17-13-7-11(14)6-5-10(13)2/h5-7,12,15H,4,8-9H2,1-3H3. The van der Waals surface area contributed by atoms with Crippen LogP contribution < -0.4 is 10.1 Å². The highest BCUT2D eigenvalue weighted by molar-refractivity contribution is 5.32. The van der Waals surface area contributed by atoms with Crippen molar-refractivity contribution in [3.05, 3.63) is 29.6 Å². The molecule has 1 rings (SSSR count). The van der Waals surface area contributed by atoms with Crippen molar-refractivity contribution >= 4 is 0 Å². The van der Waals surface area contributed by atoms with E-state index in [2.05, 4.69) is 5.32 Å². The maximum absolute atomic E-state index is 13.1. The molecule has 0 amide bonds. The molecule has 0 saturated heterocycles. The molecule has 4 heteroatoms. The van der Waals surface area contributed by atoms with Gasteiger partial charge in [0.1, 0.15) is 17.7 Å². The van der Waals surface area contributed by atoms with Gasteiger partial charge in [0.05, 0.1) is 6.61 Å². The number of aryl methyl sites for hydroxylation is 1. The zero-order valence-electron chi connectivity index (χ0n) is 10.6. The number of ether oxygens (including phenoxy) is 2. The van der Waals surface area contributed by atoms with Gasteiger partial charge < -0.3 is 14.8 Å². The molecular weight excluding hydrogens is 221 g/mol. The van der Waals surface area contributed by atoms with Crippen molar-refractivity contribution in [3.8, 4) is 5.75 Å². The molecule has 0 heterocycles. The number of hydrogen-bond acceptors (Lipinski definition) is 3. The number of benzene rings is 1. The van der Waals surface area contributed by atoms with Gasteiger partial charge in [0.15, 0.2) is 0 Å². The first kappa shape index (κ1) is 13.9. The van der Waals surface area contributed by atoms with Gasteiger partial charge in [-0.15, -0.1) is 0 Å². The van der Waals surface area contributed by atoms with Crippen molar-refractivity contribution in [1.29, 1.82) is 0 Å². The summed E-state index contributed by atoms with van der Waals surface area (Å²) in [5.41, 5.74) is 0.920. The molecule has 1 aromatic rings. The van der Waals surface area contributed by atoms with E-state index in [0.717, 1.165) is 12.1 Å². The Hall–Kier alpha value is -1.13. The summed E-state index contributed by atoms with van der Waals surface area (Å²) in [5, 5.41) is 3.19. The van der Waals surface area contributed by atoms with Gasteiger partial charge >= 0.3 is 0 Å². The second-order valence-corrected chi connectivity index (χ2v) is 3.91. The van der Waals surface area contributed by atoms with Gasteiger partial charge in [0.25, 0.3) is 0 Å². The first-order chi connectivity index (χ1) is 8.17. The van der Waals surface area contributed by atoms with E-state index in [0.29, 0.717) is 18.9 Å². The summed E-state index contributed by atoms with van der Waals surface area (Å²) in [5.74, 6) is 0.287. The molecule has 0 aromatic heterocycles. The molecule has 0 radical (unpaired) electrons. The number of nitrogens with one attached hydrogen (secondary N) is 1. The van der Waals surface area contributed by atoms with Crippen LogP contribution in [0.2, 0.25) is 0 Å². The summed E-state index contributed by atoms with van der Waals surface area (Å²) in [6, 6.07) is 4.55. The molecule has 0 bridgehead atoms. The van der Waals surface area contributed by atoms with E-state index in [4.69, 9.17) is 9.47 Å². The lowest BCUT2D eigenvalue weighted by atomic mass is 10.2. The van der Waals surface area contributed by atoms with Crippen molar-refractivity contribution < 1.29 is 13.9 Å². The molecule has 0 fully saturated rings. The monoisotopic (exact) mass is 241 g/mol. The fourth-order valence-electron chi connectivity index (χ4n) is 1.51. The Morgan fingerprint density at radius 3 is 2.82 bits per heavy atom. The molecule has 3 nitrogen and oxygen atoms in total. The summed E-state index contributed by atoms with van der Waals surface area (Å²) in [4.78, 5) is 0. The molecule has 17 heavy (non-hydrogen) atoms. The van der Waals surface area contributed by atoms with E-state index in [1.54, 1.807) is 13.2 Å². The lowest BCUT2D eigenvalue weighted by Gasteiger charge is -2.20. The molecule has 96 valence electrons. The first-order valence-electron chi connectivity index (χ1n) is 5.79. The van der Waals surface area contributed by atoms with Crippen molar-refractivity contribution in [3.63, 3.8) is 0 Å². The van der Waals surface area contributed by atoms with E-state index in [1.165, 1.54) is 12.1 Å². The Labute approximate surface area is 102 Å². The largest absolute Gasteiger partial charge is 0.486 e. The van der Waals surface area contributed by atoms with Gasteiger partial charge in [-0.2, -0.15) is 0 Å². The van der Waals surface area contributed by atoms with Crippen LogP contribution in [0.4, 0.5) is 4.39 Å². The minimum Gasteiger partial charge on any atom is -0.486 e. The molecule has 0 aliphatic heterocycles. The molecule has 1 atom stereocenters. The van der Waals surface area contributed by atoms with E-state index >= 15 is 0 Å². The first-order valence-corrected chi connectivity index (χ1v) is 5.79. The average Bonchev–Trinajstić information content (AvgIpc) is 2.31. The van der Waals surface area contributed by atoms with Gasteiger partial charge in [-0.05, 0) is 25.1 Å². The van der Waals surface area contributed by atoms with Crippen molar-refractivity contribution in [2.75, 3.05) is 26.8 Å². The third kappa shape index (κ3) is 4.71. The number of methoxy groups -OCH3 is 1.